The van der Waals surface area contributed by atoms with Crippen molar-refractivity contribution in [1.82, 2.24) is 30.2 Å². The molecule has 2 saturated carbocycles. The van der Waals surface area contributed by atoms with Crippen LogP contribution in [0.4, 0.5) is 0 Å². The van der Waals surface area contributed by atoms with Gasteiger partial charge in [-0.25, -0.2) is 13.4 Å². The molecule has 62 heavy (non-hydrogen) atoms. The lowest BCUT2D eigenvalue weighted by Crippen LogP contribution is -2.58. The Balaban J connectivity index is 1.15. The Bertz CT molecular complexity index is 2530. The van der Waals surface area contributed by atoms with E-state index in [0.717, 1.165) is 29.4 Å². The van der Waals surface area contributed by atoms with Crippen molar-refractivity contribution in [1.29, 1.82) is 0 Å². The highest BCUT2D eigenvalue weighted by Gasteiger charge is 2.62. The Kier molecular flexibility index (Phi) is 11.5. The number of sulfonamides is 1. The lowest BCUT2D eigenvalue weighted by atomic mass is 9.87. The zero-order valence-corrected chi connectivity index (χ0v) is 37.3. The molecule has 4 aliphatic rings. The van der Waals surface area contributed by atoms with Gasteiger partial charge in [0.05, 0.1) is 11.8 Å². The summed E-state index contributed by atoms with van der Waals surface area (Å²) in [6, 6.07) is 13.5. The number of furan rings is 1. The Morgan fingerprint density at radius 1 is 0.968 bits per heavy atom. The number of rotatable bonds is 8. The average molecular weight is 867 g/mol. The number of amides is 4. The molecule has 3 fully saturated rings. The number of ether oxygens (including phenoxy) is 1. The second-order valence-electron chi connectivity index (χ2n) is 19.8. The van der Waals surface area contributed by atoms with Gasteiger partial charge in [0.1, 0.15) is 34.8 Å². The highest BCUT2D eigenvalue weighted by atomic mass is 32.2. The molecule has 5 atom stereocenters. The molecule has 8 rings (SSSR count). The van der Waals surface area contributed by atoms with Crippen LogP contribution in [0.1, 0.15) is 111 Å². The van der Waals surface area contributed by atoms with Crippen LogP contribution in [-0.2, 0) is 34.6 Å². The number of nitrogens with one attached hydrogen (secondary N) is 3. The Morgan fingerprint density at radius 3 is 2.42 bits per heavy atom. The molecule has 15 heteroatoms. The van der Waals surface area contributed by atoms with Crippen molar-refractivity contribution >= 4 is 55.7 Å². The molecule has 4 amide bonds. The molecule has 330 valence electrons. The molecule has 2 aliphatic heterocycles. The zero-order chi connectivity index (χ0) is 44.2. The number of carbonyl (C=O) groups excluding carboxylic acids is 4. The molecule has 0 unspecified atom stereocenters. The van der Waals surface area contributed by atoms with Gasteiger partial charge in [-0.2, -0.15) is 4.98 Å². The number of aromatic nitrogens is 2. The van der Waals surface area contributed by atoms with E-state index >= 15 is 0 Å². The fourth-order valence-electron chi connectivity index (χ4n) is 8.63. The molecular weight excluding hydrogens is 809 g/mol. The molecule has 2 aromatic carbocycles. The first-order chi connectivity index (χ1) is 29.3. The van der Waals surface area contributed by atoms with Crippen molar-refractivity contribution in [2.45, 2.75) is 140 Å². The second kappa shape index (κ2) is 16.4. The lowest BCUT2D eigenvalue weighted by Gasteiger charge is -2.30. The topological polar surface area (TPSA) is 190 Å². The van der Waals surface area contributed by atoms with E-state index in [1.165, 1.54) is 4.90 Å². The van der Waals surface area contributed by atoms with Gasteiger partial charge in [0, 0.05) is 29.7 Å². The van der Waals surface area contributed by atoms with Crippen LogP contribution in [0.15, 0.2) is 65.1 Å². The van der Waals surface area contributed by atoms with E-state index in [-0.39, 0.29) is 48.4 Å². The molecule has 3 N–H and O–H groups in total. The van der Waals surface area contributed by atoms with E-state index < -0.39 is 62.6 Å². The predicted octanol–water partition coefficient (Wildman–Crippen LogP) is 6.61. The smallest absolute Gasteiger partial charge is 0.262 e. The van der Waals surface area contributed by atoms with Crippen LogP contribution in [0, 0.1) is 11.3 Å². The van der Waals surface area contributed by atoms with Crippen molar-refractivity contribution in [3.8, 4) is 17.3 Å². The first-order valence-corrected chi connectivity index (χ1v) is 23.5. The van der Waals surface area contributed by atoms with E-state index in [0.29, 0.717) is 54.6 Å². The summed E-state index contributed by atoms with van der Waals surface area (Å²) >= 11 is 0. The molecule has 14 nitrogen and oxygen atoms in total. The van der Waals surface area contributed by atoms with Gasteiger partial charge in [-0.1, -0.05) is 103 Å². The summed E-state index contributed by atoms with van der Waals surface area (Å²) in [6.45, 7) is 12.2. The SMILES string of the molecule is CC(C)(C)CC(=O)N[C@H]1CCCCC/C=C\[C@H]2C[C@@]2(C(=O)NS(=O)(=O)C2CC2)NC(=O)[C@@H]2C[C@@H](Oc3nc(-c4ccc(C(C)(C)C)cc4)nc4c3oc3ccccc34)CN2C1=O. The van der Waals surface area contributed by atoms with Crippen LogP contribution in [0.25, 0.3) is 33.5 Å². The first-order valence-electron chi connectivity index (χ1n) is 21.9. The maximum Gasteiger partial charge on any atom is 0.262 e. The average Bonchev–Trinajstić information content (AvgIpc) is 4.10. The van der Waals surface area contributed by atoms with Gasteiger partial charge in [0.25, 0.3) is 11.8 Å². The largest absolute Gasteiger partial charge is 0.470 e. The molecule has 4 aromatic rings. The molecule has 0 spiro atoms. The molecular formula is C47H58N6O8S. The Morgan fingerprint density at radius 2 is 1.71 bits per heavy atom. The van der Waals surface area contributed by atoms with E-state index in [1.807, 2.05) is 69.3 Å². The van der Waals surface area contributed by atoms with Crippen molar-refractivity contribution in [2.24, 2.45) is 11.3 Å². The third-order valence-corrected chi connectivity index (χ3v) is 14.2. The summed E-state index contributed by atoms with van der Waals surface area (Å²) in [5, 5.41) is 6.05. The summed E-state index contributed by atoms with van der Waals surface area (Å²) in [7, 11) is -3.91. The van der Waals surface area contributed by atoms with Crippen molar-refractivity contribution in [2.75, 3.05) is 6.54 Å². The molecule has 1 saturated heterocycles. The number of carbonyl (C=O) groups is 4. The summed E-state index contributed by atoms with van der Waals surface area (Å²) in [6.07, 6.45) is 7.74. The van der Waals surface area contributed by atoms with Crippen LogP contribution in [-0.4, -0.2) is 82.4 Å². The van der Waals surface area contributed by atoms with Crippen molar-refractivity contribution in [3.05, 3.63) is 66.2 Å². The molecule has 0 radical (unpaired) electrons. The number of nitrogens with zero attached hydrogens (tertiary/aromatic N) is 3. The van der Waals surface area contributed by atoms with Gasteiger partial charge < -0.3 is 24.7 Å². The van der Waals surface area contributed by atoms with Gasteiger partial charge in [-0.15, -0.1) is 0 Å². The summed E-state index contributed by atoms with van der Waals surface area (Å²) < 4.78 is 41.2. The Hall–Kier alpha value is -5.31. The number of fused-ring (bicyclic) bond motifs is 5. The fourth-order valence-corrected chi connectivity index (χ4v) is 9.99. The second-order valence-corrected chi connectivity index (χ2v) is 21.8. The minimum atomic E-state index is -3.91. The minimum absolute atomic E-state index is 0.0140. The van der Waals surface area contributed by atoms with E-state index in [4.69, 9.17) is 19.1 Å². The third-order valence-electron chi connectivity index (χ3n) is 12.3. The fraction of sp³-hybridized carbons (Fsp3) is 0.532. The summed E-state index contributed by atoms with van der Waals surface area (Å²) in [5.74, 6) is -2.00. The lowest BCUT2D eigenvalue weighted by molar-refractivity contribution is -0.142. The van der Waals surface area contributed by atoms with Crippen molar-refractivity contribution < 1.29 is 36.7 Å². The number of allylic oxidation sites excluding steroid dienone is 1. The van der Waals surface area contributed by atoms with Gasteiger partial charge >= 0.3 is 0 Å². The van der Waals surface area contributed by atoms with Crippen molar-refractivity contribution in [3.63, 3.8) is 0 Å². The van der Waals surface area contributed by atoms with Gasteiger partial charge in [0.2, 0.25) is 33.3 Å². The van der Waals surface area contributed by atoms with Crippen LogP contribution in [0.3, 0.4) is 0 Å². The van der Waals surface area contributed by atoms with Crippen LogP contribution in [0.2, 0.25) is 0 Å². The third kappa shape index (κ3) is 9.23. The summed E-state index contributed by atoms with van der Waals surface area (Å²) in [4.78, 5) is 68.0. The molecule has 2 aliphatic carbocycles. The molecule has 0 bridgehead atoms. The normalized spacial score (nSPS) is 25.5. The first kappa shape index (κ1) is 43.3. The van der Waals surface area contributed by atoms with Crippen LogP contribution < -0.4 is 20.1 Å². The van der Waals surface area contributed by atoms with Gasteiger partial charge in [-0.05, 0) is 67.1 Å². The maximum atomic E-state index is 14.8. The van der Waals surface area contributed by atoms with Crippen LogP contribution >= 0.6 is 0 Å². The highest BCUT2D eigenvalue weighted by molar-refractivity contribution is 7.91. The number of para-hydroxylation sites is 1. The number of hydrogen-bond donors (Lipinski definition) is 3. The monoisotopic (exact) mass is 866 g/mol. The number of hydrogen-bond acceptors (Lipinski definition) is 10. The summed E-state index contributed by atoms with van der Waals surface area (Å²) in [5.41, 5.74) is 1.45. The predicted molar refractivity (Wildman–Crippen MR) is 235 cm³/mol. The Labute approximate surface area is 363 Å². The van der Waals surface area contributed by atoms with E-state index in [9.17, 15) is 27.6 Å². The van der Waals surface area contributed by atoms with Gasteiger partial charge in [-0.3, -0.25) is 23.9 Å². The zero-order valence-electron chi connectivity index (χ0n) is 36.5. The van der Waals surface area contributed by atoms with E-state index in [2.05, 4.69) is 48.3 Å². The quantitative estimate of drug-likeness (QED) is 0.163. The highest BCUT2D eigenvalue weighted by Crippen LogP contribution is 2.46. The van der Waals surface area contributed by atoms with E-state index in [1.54, 1.807) is 0 Å². The molecule has 4 heterocycles. The number of benzene rings is 2. The minimum Gasteiger partial charge on any atom is -0.470 e. The maximum absolute atomic E-state index is 14.8. The van der Waals surface area contributed by atoms with Gasteiger partial charge in [0.15, 0.2) is 5.82 Å². The molecule has 2 aromatic heterocycles. The standard InChI is InChI=1S/C47H58N6O8S/c1-45(2,3)26-37(54)48-34-16-11-9-7-8-10-14-30-25-47(30,44(57)52-62(58,59)32-22-23-32)51-41(55)35-24-31(27-53(35)43(34)56)60-42-39-38(33-15-12-13-17-36(33)61-39)49-40(50-42)28-18-20-29(21-19-28)46(4,5)6/h10,12-15,17-21,30-32,34-35H,7-9,11,16,22-27H2,1-6H3,(H,48,54)(H,51,55)(H,52,57)/b14-10-/t30-,31+,34-,35-,47+/m0/s1. The van der Waals surface area contributed by atoms with Crippen LogP contribution in [0.5, 0.6) is 5.88 Å².